The third-order valence-corrected chi connectivity index (χ3v) is 3.56. The average Bonchev–Trinajstić information content (AvgIpc) is 2.81. The molecule has 0 saturated carbocycles. The fourth-order valence-corrected chi connectivity index (χ4v) is 2.49. The Hall–Kier alpha value is -1.88. The predicted molar refractivity (Wildman–Crippen MR) is 72.0 cm³/mol. The molecule has 0 bridgehead atoms. The van der Waals surface area contributed by atoms with E-state index in [1.165, 1.54) is 0 Å². The van der Waals surface area contributed by atoms with Gasteiger partial charge in [0.25, 0.3) is 5.91 Å². The smallest absolute Gasteiger partial charge is 0.275 e. The number of benzene rings is 1. The van der Waals surface area contributed by atoms with E-state index in [-0.39, 0.29) is 11.4 Å². The SMILES string of the molecule is CC1(C)COCCN1C(=O)c1n[nH]c2ccccc12. The van der Waals surface area contributed by atoms with Gasteiger partial charge < -0.3 is 9.64 Å². The molecule has 0 unspecified atom stereocenters. The molecule has 1 N–H and O–H groups in total. The minimum absolute atomic E-state index is 0.0363. The molecule has 1 aliphatic rings. The van der Waals surface area contributed by atoms with Crippen LogP contribution in [0.1, 0.15) is 24.3 Å². The summed E-state index contributed by atoms with van der Waals surface area (Å²) in [6.07, 6.45) is 0. The summed E-state index contributed by atoms with van der Waals surface area (Å²) >= 11 is 0. The van der Waals surface area contributed by atoms with Crippen LogP contribution in [-0.4, -0.2) is 46.3 Å². The molecular weight excluding hydrogens is 242 g/mol. The van der Waals surface area contributed by atoms with Gasteiger partial charge in [0.2, 0.25) is 0 Å². The van der Waals surface area contributed by atoms with E-state index in [4.69, 9.17) is 4.74 Å². The van der Waals surface area contributed by atoms with Gasteiger partial charge in [-0.15, -0.1) is 0 Å². The molecule has 5 nitrogen and oxygen atoms in total. The third kappa shape index (κ3) is 2.00. The Morgan fingerprint density at radius 3 is 3.00 bits per heavy atom. The van der Waals surface area contributed by atoms with E-state index in [0.717, 1.165) is 10.9 Å². The Morgan fingerprint density at radius 1 is 1.42 bits per heavy atom. The molecule has 1 saturated heterocycles. The molecule has 1 aromatic carbocycles. The number of morpholine rings is 1. The summed E-state index contributed by atoms with van der Waals surface area (Å²) in [6.45, 7) is 5.77. The van der Waals surface area contributed by atoms with E-state index in [0.29, 0.717) is 25.5 Å². The normalized spacial score (nSPS) is 18.7. The summed E-state index contributed by atoms with van der Waals surface area (Å²) in [5, 5.41) is 7.96. The van der Waals surface area contributed by atoms with Crippen LogP contribution in [-0.2, 0) is 4.74 Å². The zero-order valence-electron chi connectivity index (χ0n) is 11.1. The van der Waals surface area contributed by atoms with Crippen molar-refractivity contribution in [1.82, 2.24) is 15.1 Å². The van der Waals surface area contributed by atoms with Crippen LogP contribution < -0.4 is 0 Å². The third-order valence-electron chi connectivity index (χ3n) is 3.56. The van der Waals surface area contributed by atoms with Crippen LogP contribution in [0.5, 0.6) is 0 Å². The Labute approximate surface area is 111 Å². The highest BCUT2D eigenvalue weighted by Gasteiger charge is 2.35. The number of ether oxygens (including phenoxy) is 1. The van der Waals surface area contributed by atoms with Gasteiger partial charge in [0.1, 0.15) is 0 Å². The van der Waals surface area contributed by atoms with Crippen molar-refractivity contribution >= 4 is 16.8 Å². The molecule has 0 atom stereocenters. The molecule has 100 valence electrons. The van der Waals surface area contributed by atoms with E-state index < -0.39 is 0 Å². The van der Waals surface area contributed by atoms with E-state index in [1.54, 1.807) is 0 Å². The number of para-hydroxylation sites is 1. The fourth-order valence-electron chi connectivity index (χ4n) is 2.49. The molecular formula is C14H17N3O2. The van der Waals surface area contributed by atoms with Crippen molar-refractivity contribution in [1.29, 1.82) is 0 Å². The maximum Gasteiger partial charge on any atom is 0.275 e. The average molecular weight is 259 g/mol. The summed E-state index contributed by atoms with van der Waals surface area (Å²) < 4.78 is 5.45. The standard InChI is InChI=1S/C14H17N3O2/c1-14(2)9-19-8-7-17(14)13(18)12-10-5-3-4-6-11(10)15-16-12/h3-6H,7-9H2,1-2H3,(H,15,16). The summed E-state index contributed by atoms with van der Waals surface area (Å²) in [6, 6.07) is 7.68. The first-order valence-electron chi connectivity index (χ1n) is 6.42. The highest BCUT2D eigenvalue weighted by atomic mass is 16.5. The molecule has 0 spiro atoms. The van der Waals surface area contributed by atoms with Crippen LogP contribution >= 0.6 is 0 Å². The summed E-state index contributed by atoms with van der Waals surface area (Å²) in [5.74, 6) is -0.0363. The topological polar surface area (TPSA) is 58.2 Å². The quantitative estimate of drug-likeness (QED) is 0.849. The number of rotatable bonds is 1. The molecule has 2 heterocycles. The first kappa shape index (κ1) is 12.2. The van der Waals surface area contributed by atoms with Crippen molar-refractivity contribution in [2.75, 3.05) is 19.8 Å². The first-order chi connectivity index (χ1) is 9.09. The van der Waals surface area contributed by atoms with Gasteiger partial charge in [-0.3, -0.25) is 9.89 Å². The van der Waals surface area contributed by atoms with Crippen molar-refractivity contribution in [3.05, 3.63) is 30.0 Å². The Morgan fingerprint density at radius 2 is 2.21 bits per heavy atom. The van der Waals surface area contributed by atoms with Gasteiger partial charge in [0.05, 0.1) is 24.3 Å². The lowest BCUT2D eigenvalue weighted by atomic mass is 10.0. The summed E-state index contributed by atoms with van der Waals surface area (Å²) in [7, 11) is 0. The number of fused-ring (bicyclic) bond motifs is 1. The summed E-state index contributed by atoms with van der Waals surface area (Å²) in [5.41, 5.74) is 1.08. The fraction of sp³-hybridized carbons (Fsp3) is 0.429. The highest BCUT2D eigenvalue weighted by Crippen LogP contribution is 2.24. The molecule has 1 fully saturated rings. The monoisotopic (exact) mass is 259 g/mol. The van der Waals surface area contributed by atoms with E-state index in [1.807, 2.05) is 43.0 Å². The van der Waals surface area contributed by atoms with Crippen LogP contribution in [0.2, 0.25) is 0 Å². The molecule has 0 radical (unpaired) electrons. The Kier molecular flexibility index (Phi) is 2.78. The first-order valence-corrected chi connectivity index (χ1v) is 6.42. The van der Waals surface area contributed by atoms with Crippen LogP contribution in [0.4, 0.5) is 0 Å². The lowest BCUT2D eigenvalue weighted by molar-refractivity contribution is -0.0372. The van der Waals surface area contributed by atoms with Gasteiger partial charge in [-0.05, 0) is 19.9 Å². The molecule has 2 aromatic rings. The van der Waals surface area contributed by atoms with Crippen LogP contribution in [0.3, 0.4) is 0 Å². The van der Waals surface area contributed by atoms with Crippen molar-refractivity contribution in [3.8, 4) is 0 Å². The lowest BCUT2D eigenvalue weighted by Crippen LogP contribution is -2.55. The second kappa shape index (κ2) is 4.35. The zero-order chi connectivity index (χ0) is 13.5. The molecule has 3 rings (SSSR count). The second-order valence-corrected chi connectivity index (χ2v) is 5.44. The van der Waals surface area contributed by atoms with Crippen molar-refractivity contribution in [2.24, 2.45) is 0 Å². The lowest BCUT2D eigenvalue weighted by Gasteiger charge is -2.41. The number of carbonyl (C=O) groups excluding carboxylic acids is 1. The van der Waals surface area contributed by atoms with E-state index in [9.17, 15) is 4.79 Å². The van der Waals surface area contributed by atoms with Crippen molar-refractivity contribution in [3.63, 3.8) is 0 Å². The van der Waals surface area contributed by atoms with Gasteiger partial charge in [-0.1, -0.05) is 18.2 Å². The Balaban J connectivity index is 1.99. The largest absolute Gasteiger partial charge is 0.377 e. The second-order valence-electron chi connectivity index (χ2n) is 5.44. The van der Waals surface area contributed by atoms with Crippen LogP contribution in [0.25, 0.3) is 10.9 Å². The number of carbonyl (C=O) groups is 1. The number of aromatic nitrogens is 2. The van der Waals surface area contributed by atoms with Crippen LogP contribution in [0.15, 0.2) is 24.3 Å². The number of nitrogens with one attached hydrogen (secondary N) is 1. The zero-order valence-corrected chi connectivity index (χ0v) is 11.1. The van der Waals surface area contributed by atoms with Gasteiger partial charge in [0.15, 0.2) is 5.69 Å². The van der Waals surface area contributed by atoms with Crippen molar-refractivity contribution < 1.29 is 9.53 Å². The molecule has 1 aromatic heterocycles. The van der Waals surface area contributed by atoms with E-state index in [2.05, 4.69) is 10.2 Å². The minimum Gasteiger partial charge on any atom is -0.377 e. The van der Waals surface area contributed by atoms with E-state index >= 15 is 0 Å². The number of H-pyrrole nitrogens is 1. The van der Waals surface area contributed by atoms with Gasteiger partial charge in [-0.2, -0.15) is 5.10 Å². The predicted octanol–water partition coefficient (Wildman–Crippen LogP) is 1.81. The Bertz CT molecular complexity index is 618. The maximum absolute atomic E-state index is 12.7. The van der Waals surface area contributed by atoms with Gasteiger partial charge in [-0.25, -0.2) is 0 Å². The number of hydrogen-bond donors (Lipinski definition) is 1. The molecule has 1 amide bonds. The molecule has 19 heavy (non-hydrogen) atoms. The number of amides is 1. The molecule has 0 aliphatic carbocycles. The number of nitrogens with zero attached hydrogens (tertiary/aromatic N) is 2. The van der Waals surface area contributed by atoms with Crippen LogP contribution in [0, 0.1) is 0 Å². The van der Waals surface area contributed by atoms with Gasteiger partial charge >= 0.3 is 0 Å². The maximum atomic E-state index is 12.7. The number of hydrogen-bond acceptors (Lipinski definition) is 3. The number of aromatic amines is 1. The minimum atomic E-state index is -0.296. The highest BCUT2D eigenvalue weighted by molar-refractivity contribution is 6.04. The van der Waals surface area contributed by atoms with Crippen molar-refractivity contribution in [2.45, 2.75) is 19.4 Å². The molecule has 1 aliphatic heterocycles. The molecule has 5 heteroatoms. The van der Waals surface area contributed by atoms with Gasteiger partial charge in [0, 0.05) is 11.9 Å². The summed E-state index contributed by atoms with van der Waals surface area (Å²) in [4.78, 5) is 14.5.